The zero-order chi connectivity index (χ0) is 7.33. The van der Waals surface area contributed by atoms with Crippen molar-refractivity contribution in [3.05, 3.63) is 0 Å². The predicted molar refractivity (Wildman–Crippen MR) is 32.9 cm³/mol. The fourth-order valence-corrected chi connectivity index (χ4v) is 0.695. The molecule has 0 aromatic carbocycles. The van der Waals surface area contributed by atoms with E-state index in [1.807, 2.05) is 6.92 Å². The predicted octanol–water partition coefficient (Wildman–Crippen LogP) is 0.891. The summed E-state index contributed by atoms with van der Waals surface area (Å²) in [7, 11) is -4.20. The van der Waals surface area contributed by atoms with Crippen molar-refractivity contribution in [3.8, 4) is 0 Å². The van der Waals surface area contributed by atoms with Gasteiger partial charge in [-0.15, -0.1) is 0 Å². The summed E-state index contributed by atoms with van der Waals surface area (Å²) in [6.45, 7) is 2.06. The average Bonchev–Trinajstić information content (AvgIpc) is 1.63. The molecule has 0 aromatic heterocycles. The summed E-state index contributed by atoms with van der Waals surface area (Å²) in [6.07, 6.45) is 1.56. The Balaban J connectivity index is -0.000000320. The van der Waals surface area contributed by atoms with Gasteiger partial charge in [0.15, 0.2) is 0 Å². The van der Waals surface area contributed by atoms with E-state index in [0.29, 0.717) is 6.42 Å². The number of rotatable bonds is 4. The van der Waals surface area contributed by atoms with Crippen LogP contribution in [-0.2, 0) is 48.0 Å². The first-order chi connectivity index (χ1) is 4.06. The van der Waals surface area contributed by atoms with Crippen molar-refractivity contribution >= 4 is 7.82 Å². The van der Waals surface area contributed by atoms with Gasteiger partial charge in [0.25, 0.3) is 0 Å². The molecule has 0 aliphatic rings. The average molecular weight is 285 g/mol. The van der Waals surface area contributed by atoms with Crippen molar-refractivity contribution in [2.75, 3.05) is 6.61 Å². The molecule has 7 heteroatoms. The second-order valence-electron chi connectivity index (χ2n) is 1.68. The van der Waals surface area contributed by atoms with Gasteiger partial charge in [0.2, 0.25) is 0 Å². The normalized spacial score (nSPS) is 9.73. The molecule has 0 radical (unpaired) electrons. The van der Waals surface area contributed by atoms with E-state index in [-0.39, 0.29) is 45.6 Å². The number of phosphoric acid groups is 1. The van der Waals surface area contributed by atoms with E-state index in [0.717, 1.165) is 6.42 Å². The molecule has 4 nitrogen and oxygen atoms in total. The van der Waals surface area contributed by atoms with Crippen LogP contribution in [0.25, 0.3) is 0 Å². The molecule has 0 saturated heterocycles. The molecule has 2 N–H and O–H groups in total. The summed E-state index contributed by atoms with van der Waals surface area (Å²) >= 11 is 0. The molecular formula is C4H11O4PZn2. The van der Waals surface area contributed by atoms with Gasteiger partial charge in [-0.1, -0.05) is 13.3 Å². The van der Waals surface area contributed by atoms with Gasteiger partial charge in [0, 0.05) is 39.0 Å². The van der Waals surface area contributed by atoms with Crippen LogP contribution in [0.1, 0.15) is 19.8 Å². The Morgan fingerprint density at radius 3 is 2.09 bits per heavy atom. The quantitative estimate of drug-likeness (QED) is 0.457. The summed E-state index contributed by atoms with van der Waals surface area (Å²) < 4.78 is 14.1. The van der Waals surface area contributed by atoms with E-state index in [4.69, 9.17) is 9.79 Å². The molecule has 0 spiro atoms. The van der Waals surface area contributed by atoms with Crippen LogP contribution in [0.2, 0.25) is 0 Å². The maximum Gasteiger partial charge on any atom is 0.469 e. The van der Waals surface area contributed by atoms with Crippen molar-refractivity contribution in [1.82, 2.24) is 0 Å². The van der Waals surface area contributed by atoms with E-state index in [1.165, 1.54) is 0 Å². The summed E-state index contributed by atoms with van der Waals surface area (Å²) in [5.41, 5.74) is 0. The Hall–Kier alpha value is 1.36. The van der Waals surface area contributed by atoms with Crippen LogP contribution >= 0.6 is 7.82 Å². The molecule has 0 aliphatic heterocycles. The third-order valence-electron chi connectivity index (χ3n) is 0.757. The number of phosphoric ester groups is 1. The van der Waals surface area contributed by atoms with E-state index in [9.17, 15) is 4.57 Å². The van der Waals surface area contributed by atoms with Crippen LogP contribution in [0, 0.1) is 0 Å². The molecule has 0 rings (SSSR count). The standard InChI is InChI=1S/C4H11O4P.2Zn/c1-2-3-4-8-9(5,6)7;;/h2-4H2,1H3,(H2,5,6,7);;. The molecule has 0 fully saturated rings. The topological polar surface area (TPSA) is 66.8 Å². The number of hydrogen-bond donors (Lipinski definition) is 2. The molecule has 0 saturated carbocycles. The molecule has 0 aliphatic carbocycles. The van der Waals surface area contributed by atoms with Gasteiger partial charge in [-0.25, -0.2) is 4.57 Å². The van der Waals surface area contributed by atoms with Crippen molar-refractivity contribution in [3.63, 3.8) is 0 Å². The van der Waals surface area contributed by atoms with Gasteiger partial charge in [-0.05, 0) is 6.42 Å². The second kappa shape index (κ2) is 9.44. The van der Waals surface area contributed by atoms with Crippen LogP contribution in [0.15, 0.2) is 0 Å². The van der Waals surface area contributed by atoms with E-state index in [1.54, 1.807) is 0 Å². The Kier molecular flexibility index (Phi) is 15.6. The van der Waals surface area contributed by atoms with Crippen LogP contribution in [0.5, 0.6) is 0 Å². The molecular weight excluding hydrogens is 274 g/mol. The zero-order valence-corrected chi connectivity index (χ0v) is 13.5. The molecule has 0 atom stereocenters. The number of hydrogen-bond acceptors (Lipinski definition) is 2. The number of unbranched alkanes of at least 4 members (excludes halogenated alkanes) is 1. The Morgan fingerprint density at radius 2 is 1.82 bits per heavy atom. The van der Waals surface area contributed by atoms with Crippen molar-refractivity contribution in [2.24, 2.45) is 0 Å². The van der Waals surface area contributed by atoms with Gasteiger partial charge in [-0.2, -0.15) is 0 Å². The van der Waals surface area contributed by atoms with Crippen LogP contribution in [-0.4, -0.2) is 16.4 Å². The van der Waals surface area contributed by atoms with Gasteiger partial charge < -0.3 is 9.79 Å². The minimum Gasteiger partial charge on any atom is -0.303 e. The van der Waals surface area contributed by atoms with Crippen molar-refractivity contribution in [1.29, 1.82) is 0 Å². The van der Waals surface area contributed by atoms with Crippen molar-refractivity contribution in [2.45, 2.75) is 19.8 Å². The smallest absolute Gasteiger partial charge is 0.303 e. The minimum atomic E-state index is -4.20. The maximum absolute atomic E-state index is 9.98. The van der Waals surface area contributed by atoms with Gasteiger partial charge in [-0.3, -0.25) is 4.52 Å². The molecule has 0 unspecified atom stereocenters. The third-order valence-corrected chi connectivity index (χ3v) is 1.28. The Morgan fingerprint density at radius 1 is 1.36 bits per heavy atom. The Bertz CT molecular complexity index is 115. The second-order valence-corrected chi connectivity index (χ2v) is 2.92. The Labute approximate surface area is 91.9 Å². The van der Waals surface area contributed by atoms with Crippen LogP contribution in [0.4, 0.5) is 0 Å². The van der Waals surface area contributed by atoms with Gasteiger partial charge in [0.1, 0.15) is 0 Å². The van der Waals surface area contributed by atoms with Crippen molar-refractivity contribution < 1.29 is 57.8 Å². The fraction of sp³-hybridized carbons (Fsp3) is 1.00. The maximum atomic E-state index is 9.98. The molecule has 0 heterocycles. The third kappa shape index (κ3) is 18.4. The monoisotopic (exact) mass is 282 g/mol. The fourth-order valence-electron chi connectivity index (χ4n) is 0.328. The SMILES string of the molecule is CCCCOP(=O)(O)O.[Zn].[Zn]. The first-order valence-electron chi connectivity index (χ1n) is 2.76. The molecule has 0 aromatic rings. The molecule has 0 bridgehead atoms. The van der Waals surface area contributed by atoms with E-state index < -0.39 is 7.82 Å². The molecule has 0 amide bonds. The van der Waals surface area contributed by atoms with E-state index >= 15 is 0 Å². The van der Waals surface area contributed by atoms with Gasteiger partial charge in [0.05, 0.1) is 6.61 Å². The van der Waals surface area contributed by atoms with E-state index in [2.05, 4.69) is 4.52 Å². The van der Waals surface area contributed by atoms with Crippen LogP contribution < -0.4 is 0 Å². The summed E-state index contributed by atoms with van der Waals surface area (Å²) in [4.78, 5) is 16.3. The molecule has 11 heavy (non-hydrogen) atoms. The molecule has 60 valence electrons. The first kappa shape index (κ1) is 18.2. The first-order valence-corrected chi connectivity index (χ1v) is 4.29. The van der Waals surface area contributed by atoms with Crippen LogP contribution in [0.3, 0.4) is 0 Å². The summed E-state index contributed by atoms with van der Waals surface area (Å²) in [5.74, 6) is 0. The van der Waals surface area contributed by atoms with Gasteiger partial charge >= 0.3 is 7.82 Å². The summed E-state index contributed by atoms with van der Waals surface area (Å²) in [5, 5.41) is 0. The zero-order valence-electron chi connectivity index (χ0n) is 6.69. The minimum absolute atomic E-state index is 0. The summed E-state index contributed by atoms with van der Waals surface area (Å²) in [6, 6.07) is 0. The largest absolute Gasteiger partial charge is 0.469 e.